The number of carboxylic acids is 1. The molecule has 0 saturated carbocycles. The van der Waals surface area contributed by atoms with Gasteiger partial charge in [-0.05, 0) is 41.3 Å². The Hall–Kier alpha value is -4.99. The van der Waals surface area contributed by atoms with E-state index in [1.165, 1.54) is 4.90 Å². The summed E-state index contributed by atoms with van der Waals surface area (Å²) >= 11 is 0. The Morgan fingerprint density at radius 3 is 1.82 bits per heavy atom. The fourth-order valence-electron chi connectivity index (χ4n) is 5.30. The van der Waals surface area contributed by atoms with Crippen LogP contribution in [0, 0.1) is 12.3 Å². The molecule has 0 bridgehead atoms. The number of amides is 3. The summed E-state index contributed by atoms with van der Waals surface area (Å²) < 4.78 is 0. The summed E-state index contributed by atoms with van der Waals surface area (Å²) in [6, 6.07) is 24.5. The molecule has 2 heterocycles. The third kappa shape index (κ3) is 7.22. The van der Waals surface area contributed by atoms with Crippen molar-refractivity contribution in [2.24, 2.45) is 16.1 Å². The van der Waals surface area contributed by atoms with E-state index in [1.54, 1.807) is 37.5 Å². The lowest BCUT2D eigenvalue weighted by molar-refractivity contribution is -0.316. The number of aryl methyl sites for hydroxylation is 1. The van der Waals surface area contributed by atoms with Crippen molar-refractivity contribution in [2.75, 3.05) is 26.2 Å². The molecule has 5 rings (SSSR count). The molecular weight excluding hydrogens is 570 g/mol. The van der Waals surface area contributed by atoms with Crippen LogP contribution in [-0.4, -0.2) is 70.5 Å². The predicted octanol–water partition coefficient (Wildman–Crippen LogP) is 2.68. The van der Waals surface area contributed by atoms with Crippen LogP contribution in [0.25, 0.3) is 0 Å². The molecule has 10 heteroatoms. The van der Waals surface area contributed by atoms with E-state index in [9.17, 15) is 24.3 Å². The third-order valence-corrected chi connectivity index (χ3v) is 7.85. The highest BCUT2D eigenvalue weighted by Crippen LogP contribution is 2.40. The molecule has 0 unspecified atom stereocenters. The van der Waals surface area contributed by atoms with E-state index in [-0.39, 0.29) is 30.2 Å². The molecular formula is C35H40N5O5-. The molecule has 236 valence electrons. The topological polar surface area (TPSA) is 139 Å². The number of nitrogens with zero attached hydrogens (tertiary/aromatic N) is 4. The summed E-state index contributed by atoms with van der Waals surface area (Å²) in [4.78, 5) is 58.7. The van der Waals surface area contributed by atoms with Crippen molar-refractivity contribution < 1.29 is 24.3 Å². The van der Waals surface area contributed by atoms with Gasteiger partial charge in [0.05, 0.1) is 6.54 Å². The Balaban J connectivity index is 0.000000591. The van der Waals surface area contributed by atoms with Gasteiger partial charge < -0.3 is 25.4 Å². The monoisotopic (exact) mass is 610 g/mol. The number of guanidine groups is 1. The molecule has 2 aliphatic rings. The van der Waals surface area contributed by atoms with Gasteiger partial charge in [-0.1, -0.05) is 87.5 Å². The van der Waals surface area contributed by atoms with Gasteiger partial charge in [0.1, 0.15) is 0 Å². The molecule has 3 amide bonds. The summed E-state index contributed by atoms with van der Waals surface area (Å²) in [7, 11) is 0. The van der Waals surface area contributed by atoms with Gasteiger partial charge in [-0.3, -0.25) is 19.3 Å². The van der Waals surface area contributed by atoms with E-state index < -0.39 is 16.9 Å². The Morgan fingerprint density at radius 2 is 1.36 bits per heavy atom. The van der Waals surface area contributed by atoms with Gasteiger partial charge in [0.25, 0.3) is 11.8 Å². The van der Waals surface area contributed by atoms with Gasteiger partial charge in [-0.25, -0.2) is 4.99 Å². The lowest BCUT2D eigenvalue weighted by atomic mass is 9.83. The van der Waals surface area contributed by atoms with Crippen LogP contribution in [-0.2, 0) is 26.5 Å². The van der Waals surface area contributed by atoms with Crippen LogP contribution in [0.5, 0.6) is 0 Å². The van der Waals surface area contributed by atoms with E-state index in [0.29, 0.717) is 31.7 Å². The first-order valence-electron chi connectivity index (χ1n) is 14.9. The fourth-order valence-corrected chi connectivity index (χ4v) is 5.30. The van der Waals surface area contributed by atoms with Crippen LogP contribution in [0.2, 0.25) is 0 Å². The second kappa shape index (κ2) is 13.3. The third-order valence-electron chi connectivity index (χ3n) is 7.85. The van der Waals surface area contributed by atoms with Crippen molar-refractivity contribution in [3.05, 3.63) is 107 Å². The molecule has 1 fully saturated rings. The highest BCUT2D eigenvalue weighted by Gasteiger charge is 2.50. The first-order chi connectivity index (χ1) is 21.2. The number of hydrogen-bond donors (Lipinski definition) is 1. The number of hydrogen-bond acceptors (Lipinski definition) is 7. The summed E-state index contributed by atoms with van der Waals surface area (Å²) in [6.45, 7) is 10.5. The SMILES string of the molecule is CC(=O)N1CCN(C(=O)c2cc(C)cc(CN3C(=O)C(c4ccccc4)(c4ccccc4)N=C3N)c2)CC1.CC(C)(C)C(=O)[O-]. The molecule has 0 radical (unpaired) electrons. The second-order valence-electron chi connectivity index (χ2n) is 12.3. The molecule has 0 aliphatic carbocycles. The van der Waals surface area contributed by atoms with Gasteiger partial charge in [-0.15, -0.1) is 0 Å². The summed E-state index contributed by atoms with van der Waals surface area (Å²) in [5.41, 5.74) is 8.18. The van der Waals surface area contributed by atoms with E-state index in [0.717, 1.165) is 22.3 Å². The fraction of sp³-hybridized carbons (Fsp3) is 0.343. The van der Waals surface area contributed by atoms with Crippen LogP contribution in [0.1, 0.15) is 60.3 Å². The number of carbonyl (C=O) groups is 4. The van der Waals surface area contributed by atoms with Crippen LogP contribution in [0.4, 0.5) is 0 Å². The van der Waals surface area contributed by atoms with E-state index in [2.05, 4.69) is 0 Å². The van der Waals surface area contributed by atoms with Crippen molar-refractivity contribution in [1.82, 2.24) is 14.7 Å². The minimum absolute atomic E-state index is 0.0200. The minimum atomic E-state index is -1.27. The summed E-state index contributed by atoms with van der Waals surface area (Å²) in [5.74, 6) is -1.17. The zero-order chi connectivity index (χ0) is 32.9. The Kier molecular flexibility index (Phi) is 9.75. The van der Waals surface area contributed by atoms with Crippen LogP contribution in [0.3, 0.4) is 0 Å². The quantitative estimate of drug-likeness (QED) is 0.471. The van der Waals surface area contributed by atoms with Crippen molar-refractivity contribution in [1.29, 1.82) is 0 Å². The molecule has 0 atom stereocenters. The number of nitrogens with two attached hydrogens (primary N) is 1. The normalized spacial score (nSPS) is 16.1. The van der Waals surface area contributed by atoms with Gasteiger partial charge >= 0.3 is 0 Å². The number of benzene rings is 3. The molecule has 0 spiro atoms. The molecule has 2 N–H and O–H groups in total. The average molecular weight is 611 g/mol. The zero-order valence-corrected chi connectivity index (χ0v) is 26.4. The first kappa shape index (κ1) is 32.9. The number of carboxylic acid groups (broad SMARTS) is 1. The molecule has 10 nitrogen and oxygen atoms in total. The van der Waals surface area contributed by atoms with Crippen molar-refractivity contribution in [3.8, 4) is 0 Å². The first-order valence-corrected chi connectivity index (χ1v) is 14.9. The standard InChI is InChI=1S/C30H31N5O3.C5H10O2/c1-21-17-23(19-24(18-21)27(37)34-15-13-33(14-16-34)22(2)36)20-35-28(38)30(32-29(35)31,25-9-5-3-6-10-25)26-11-7-4-8-12-26;1-5(2,3)4(6)7/h3-12,17-19H,13-16,20H2,1-2H3,(H2,31,32);1-3H3,(H,6,7)/p-1. The number of aliphatic carboxylic acids is 1. The maximum atomic E-state index is 14.1. The van der Waals surface area contributed by atoms with Gasteiger partial charge in [0.15, 0.2) is 11.5 Å². The number of rotatable bonds is 5. The van der Waals surface area contributed by atoms with Crippen LogP contribution >= 0.6 is 0 Å². The second-order valence-corrected chi connectivity index (χ2v) is 12.3. The zero-order valence-electron chi connectivity index (χ0n) is 26.4. The van der Waals surface area contributed by atoms with E-state index >= 15 is 0 Å². The summed E-state index contributed by atoms with van der Waals surface area (Å²) in [6.07, 6.45) is 0. The van der Waals surface area contributed by atoms with Gasteiger partial charge in [0, 0.05) is 50.1 Å². The average Bonchev–Trinajstić information content (AvgIpc) is 3.27. The Morgan fingerprint density at radius 1 is 0.867 bits per heavy atom. The van der Waals surface area contributed by atoms with Crippen LogP contribution in [0.15, 0.2) is 83.9 Å². The van der Waals surface area contributed by atoms with E-state index in [4.69, 9.17) is 10.7 Å². The molecule has 1 saturated heterocycles. The maximum Gasteiger partial charge on any atom is 0.266 e. The number of aliphatic imine (C=N–C) groups is 1. The predicted molar refractivity (Wildman–Crippen MR) is 170 cm³/mol. The van der Waals surface area contributed by atoms with Gasteiger partial charge in [-0.2, -0.15) is 0 Å². The number of piperazine rings is 1. The smallest absolute Gasteiger partial charge is 0.266 e. The van der Waals surface area contributed by atoms with Crippen molar-refractivity contribution >= 4 is 29.7 Å². The molecule has 45 heavy (non-hydrogen) atoms. The van der Waals surface area contributed by atoms with E-state index in [1.807, 2.05) is 85.8 Å². The highest BCUT2D eigenvalue weighted by atomic mass is 16.4. The molecule has 0 aromatic heterocycles. The Bertz CT molecular complexity index is 1550. The summed E-state index contributed by atoms with van der Waals surface area (Å²) in [5, 5.41) is 9.91. The maximum absolute atomic E-state index is 14.1. The van der Waals surface area contributed by atoms with Crippen molar-refractivity contribution in [3.63, 3.8) is 0 Å². The lowest BCUT2D eigenvalue weighted by Gasteiger charge is -2.34. The largest absolute Gasteiger partial charge is 0.550 e. The lowest BCUT2D eigenvalue weighted by Crippen LogP contribution is -2.50. The van der Waals surface area contributed by atoms with Crippen LogP contribution < -0.4 is 10.8 Å². The highest BCUT2D eigenvalue weighted by molar-refractivity contribution is 6.09. The van der Waals surface area contributed by atoms with Gasteiger partial charge in [0.2, 0.25) is 5.91 Å². The molecule has 2 aliphatic heterocycles. The molecule has 3 aromatic rings. The Labute approximate surface area is 264 Å². The minimum Gasteiger partial charge on any atom is -0.550 e. The van der Waals surface area contributed by atoms with Crippen molar-refractivity contribution in [2.45, 2.75) is 46.7 Å². The number of carbonyl (C=O) groups excluding carboxylic acids is 4. The molecule has 3 aromatic carbocycles.